The molecule has 1 nitrogen and oxygen atoms in total. The van der Waals surface area contributed by atoms with E-state index < -0.39 is 0 Å². The molecule has 0 saturated carbocycles. The summed E-state index contributed by atoms with van der Waals surface area (Å²) in [5.74, 6) is 0. The van der Waals surface area contributed by atoms with E-state index in [1.54, 1.807) is 0 Å². The van der Waals surface area contributed by atoms with Gasteiger partial charge in [0.05, 0.1) is 11.0 Å². The predicted molar refractivity (Wildman–Crippen MR) is 159 cm³/mol. The molecule has 0 fully saturated rings. The molecule has 0 atom stereocenters. The molecule has 37 heavy (non-hydrogen) atoms. The highest BCUT2D eigenvalue weighted by atomic mass is 15.0. The molecule has 1 heterocycles. The molecule has 0 saturated heterocycles. The van der Waals surface area contributed by atoms with Crippen LogP contribution in [0.15, 0.2) is 140 Å². The van der Waals surface area contributed by atoms with Gasteiger partial charge < -0.3 is 4.57 Å². The quantitative estimate of drug-likeness (QED) is 0.222. The Morgan fingerprint density at radius 3 is 1.59 bits per heavy atom. The minimum absolute atomic E-state index is 1.18. The van der Waals surface area contributed by atoms with Crippen LogP contribution in [0.25, 0.3) is 70.9 Å². The summed E-state index contributed by atoms with van der Waals surface area (Å²) in [6.07, 6.45) is 0. The number of aromatic nitrogens is 1. The van der Waals surface area contributed by atoms with Crippen molar-refractivity contribution < 1.29 is 0 Å². The minimum atomic E-state index is 1.18. The maximum absolute atomic E-state index is 2.40. The number of nitrogens with zero attached hydrogens (tertiary/aromatic N) is 1. The van der Waals surface area contributed by atoms with Crippen molar-refractivity contribution in [2.75, 3.05) is 0 Å². The first-order valence-electron chi connectivity index (χ1n) is 12.8. The van der Waals surface area contributed by atoms with Crippen LogP contribution in [0.1, 0.15) is 0 Å². The third kappa shape index (κ3) is 2.92. The lowest BCUT2D eigenvalue weighted by molar-refractivity contribution is 1.18. The van der Waals surface area contributed by atoms with Gasteiger partial charge in [-0.05, 0) is 73.8 Å². The largest absolute Gasteiger partial charge is 0.309 e. The van der Waals surface area contributed by atoms with Crippen LogP contribution in [-0.4, -0.2) is 4.57 Å². The van der Waals surface area contributed by atoms with Crippen LogP contribution < -0.4 is 0 Å². The Morgan fingerprint density at radius 2 is 0.892 bits per heavy atom. The molecule has 1 aromatic heterocycles. The minimum Gasteiger partial charge on any atom is -0.309 e. The highest BCUT2D eigenvalue weighted by molar-refractivity contribution is 6.26. The maximum atomic E-state index is 2.40. The summed E-state index contributed by atoms with van der Waals surface area (Å²) in [4.78, 5) is 0. The Balaban J connectivity index is 1.49. The summed E-state index contributed by atoms with van der Waals surface area (Å²) < 4.78 is 2.39. The van der Waals surface area contributed by atoms with E-state index in [9.17, 15) is 0 Å². The van der Waals surface area contributed by atoms with E-state index in [-0.39, 0.29) is 0 Å². The lowest BCUT2D eigenvalue weighted by Gasteiger charge is -2.13. The van der Waals surface area contributed by atoms with Crippen LogP contribution in [0.4, 0.5) is 0 Å². The van der Waals surface area contributed by atoms with Crippen LogP contribution in [-0.2, 0) is 0 Å². The van der Waals surface area contributed by atoms with E-state index in [1.807, 2.05) is 0 Å². The molecular formula is C36H23N. The summed E-state index contributed by atoms with van der Waals surface area (Å²) in [5.41, 5.74) is 6.15. The second-order valence-electron chi connectivity index (χ2n) is 9.74. The van der Waals surface area contributed by atoms with Crippen molar-refractivity contribution in [1.82, 2.24) is 4.57 Å². The number of para-hydroxylation sites is 2. The smallest absolute Gasteiger partial charge is 0.0547 e. The zero-order chi connectivity index (χ0) is 24.3. The average Bonchev–Trinajstić information content (AvgIpc) is 3.32. The van der Waals surface area contributed by atoms with Gasteiger partial charge >= 0.3 is 0 Å². The third-order valence-corrected chi connectivity index (χ3v) is 7.77. The fourth-order valence-electron chi connectivity index (χ4n) is 6.19. The van der Waals surface area contributed by atoms with Crippen LogP contribution in [0, 0.1) is 0 Å². The Morgan fingerprint density at radius 1 is 0.351 bits per heavy atom. The molecule has 0 amide bonds. The third-order valence-electron chi connectivity index (χ3n) is 7.77. The second-order valence-corrected chi connectivity index (χ2v) is 9.74. The number of fused-ring (bicyclic) bond motifs is 9. The molecule has 0 unspecified atom stereocenters. The van der Waals surface area contributed by atoms with Gasteiger partial charge in [-0.25, -0.2) is 0 Å². The van der Waals surface area contributed by atoms with E-state index in [4.69, 9.17) is 0 Å². The number of rotatable bonds is 2. The Hall–Kier alpha value is -4.88. The number of benzene rings is 7. The molecule has 1 heteroatoms. The fraction of sp³-hybridized carbons (Fsp3) is 0. The molecule has 8 aromatic rings. The predicted octanol–water partition coefficient (Wildman–Crippen LogP) is 9.91. The Bertz CT molecular complexity index is 2100. The molecule has 0 bridgehead atoms. The van der Waals surface area contributed by atoms with Gasteiger partial charge in [-0.3, -0.25) is 0 Å². The van der Waals surface area contributed by atoms with Crippen molar-refractivity contribution in [3.63, 3.8) is 0 Å². The first-order chi connectivity index (χ1) is 18.4. The van der Waals surface area contributed by atoms with E-state index in [0.29, 0.717) is 0 Å². The number of hydrogen-bond donors (Lipinski definition) is 0. The van der Waals surface area contributed by atoms with E-state index in [2.05, 4.69) is 144 Å². The zero-order valence-corrected chi connectivity index (χ0v) is 20.2. The highest BCUT2D eigenvalue weighted by Crippen LogP contribution is 2.41. The molecular weight excluding hydrogens is 446 g/mol. The van der Waals surface area contributed by atoms with Gasteiger partial charge in [0.2, 0.25) is 0 Å². The SMILES string of the molecule is c1ccc(-n2c3ccccc3c3c(-c4ccc5c6ccccc6c6ccccc6c5c4)cccc32)cc1. The van der Waals surface area contributed by atoms with Crippen LogP contribution in [0.5, 0.6) is 0 Å². The Kier molecular flexibility index (Phi) is 4.29. The first kappa shape index (κ1) is 20.3. The molecule has 0 spiro atoms. The highest BCUT2D eigenvalue weighted by Gasteiger charge is 2.16. The topological polar surface area (TPSA) is 4.93 Å². The van der Waals surface area contributed by atoms with Crippen molar-refractivity contribution in [1.29, 1.82) is 0 Å². The molecule has 0 aliphatic rings. The van der Waals surface area contributed by atoms with E-state index in [0.717, 1.165) is 0 Å². The molecule has 8 rings (SSSR count). The van der Waals surface area contributed by atoms with Crippen molar-refractivity contribution in [2.45, 2.75) is 0 Å². The van der Waals surface area contributed by atoms with Gasteiger partial charge in [0.25, 0.3) is 0 Å². The summed E-state index contributed by atoms with van der Waals surface area (Å²) >= 11 is 0. The van der Waals surface area contributed by atoms with Crippen molar-refractivity contribution in [2.24, 2.45) is 0 Å². The van der Waals surface area contributed by atoms with Gasteiger partial charge in [0, 0.05) is 16.5 Å². The molecule has 0 aliphatic carbocycles. The maximum Gasteiger partial charge on any atom is 0.0547 e. The molecule has 0 N–H and O–H groups in total. The van der Waals surface area contributed by atoms with Crippen molar-refractivity contribution >= 4 is 54.1 Å². The monoisotopic (exact) mass is 469 g/mol. The van der Waals surface area contributed by atoms with Crippen molar-refractivity contribution in [3.8, 4) is 16.8 Å². The zero-order valence-electron chi connectivity index (χ0n) is 20.2. The van der Waals surface area contributed by atoms with Gasteiger partial charge in [0.15, 0.2) is 0 Å². The summed E-state index contributed by atoms with van der Waals surface area (Å²) in [5, 5.41) is 10.4. The van der Waals surface area contributed by atoms with Crippen LogP contribution in [0.3, 0.4) is 0 Å². The number of hydrogen-bond acceptors (Lipinski definition) is 0. The standard InChI is InChI=1S/C36H23N/c1-2-11-25(12-3-1)37-34-19-9-8-17-32(34)36-26(18-10-20-35(36)37)24-21-22-31-29-15-5-4-13-27(29)28-14-6-7-16-30(28)33(31)23-24/h1-23H. The lowest BCUT2D eigenvalue weighted by atomic mass is 9.91. The molecule has 0 aliphatic heterocycles. The van der Waals surface area contributed by atoms with Crippen LogP contribution in [0.2, 0.25) is 0 Å². The first-order valence-corrected chi connectivity index (χ1v) is 12.8. The van der Waals surface area contributed by atoms with E-state index >= 15 is 0 Å². The molecule has 0 radical (unpaired) electrons. The second kappa shape index (κ2) is 7.81. The van der Waals surface area contributed by atoms with E-state index in [1.165, 1.54) is 70.9 Å². The Labute approximate surface area is 214 Å². The van der Waals surface area contributed by atoms with Crippen LogP contribution >= 0.6 is 0 Å². The molecule has 172 valence electrons. The summed E-state index contributed by atoms with van der Waals surface area (Å²) in [7, 11) is 0. The normalized spacial score (nSPS) is 11.8. The van der Waals surface area contributed by atoms with Gasteiger partial charge in [-0.2, -0.15) is 0 Å². The van der Waals surface area contributed by atoms with Gasteiger partial charge in [0.1, 0.15) is 0 Å². The summed E-state index contributed by atoms with van der Waals surface area (Å²) in [6, 6.07) is 50.7. The fourth-order valence-corrected chi connectivity index (χ4v) is 6.19. The lowest BCUT2D eigenvalue weighted by Crippen LogP contribution is -1.92. The van der Waals surface area contributed by atoms with Gasteiger partial charge in [-0.15, -0.1) is 0 Å². The van der Waals surface area contributed by atoms with Gasteiger partial charge in [-0.1, -0.05) is 109 Å². The van der Waals surface area contributed by atoms with Crippen molar-refractivity contribution in [3.05, 3.63) is 140 Å². The summed E-state index contributed by atoms with van der Waals surface area (Å²) in [6.45, 7) is 0. The molecule has 7 aromatic carbocycles. The average molecular weight is 470 g/mol.